The van der Waals surface area contributed by atoms with Gasteiger partial charge in [0.1, 0.15) is 5.82 Å². The van der Waals surface area contributed by atoms with E-state index in [1.165, 1.54) is 11.9 Å². The van der Waals surface area contributed by atoms with Crippen LogP contribution >= 0.6 is 0 Å². The van der Waals surface area contributed by atoms with Gasteiger partial charge in [0.05, 0.1) is 17.9 Å². The number of ether oxygens (including phenoxy) is 1. The zero-order valence-electron chi connectivity index (χ0n) is 10.4. The Morgan fingerprint density at radius 3 is 2.72 bits per heavy atom. The van der Waals surface area contributed by atoms with E-state index in [2.05, 4.69) is 0 Å². The van der Waals surface area contributed by atoms with Gasteiger partial charge in [0.2, 0.25) is 0 Å². The summed E-state index contributed by atoms with van der Waals surface area (Å²) in [6.45, 7) is 2.99. The molecule has 0 radical (unpaired) electrons. The molecule has 0 aliphatic carbocycles. The van der Waals surface area contributed by atoms with Crippen LogP contribution in [0.15, 0.2) is 12.1 Å². The molecule has 1 aromatic rings. The number of nitrogens with zero attached hydrogens (tertiary/aromatic N) is 1. The lowest BCUT2D eigenvalue weighted by molar-refractivity contribution is 0.0705. The standard InChI is InChI=1S/C12H16F2N2O2/c1-3-18-5-4-16(2)12(17)9-6-8(13)7-10(15)11(9)14/h6-7H,3-5,15H2,1-2H3. The van der Waals surface area contributed by atoms with Crippen molar-refractivity contribution in [2.45, 2.75) is 6.92 Å². The number of anilines is 1. The second-order valence-corrected chi connectivity index (χ2v) is 3.78. The first kappa shape index (κ1) is 14.4. The number of rotatable bonds is 5. The van der Waals surface area contributed by atoms with Crippen molar-refractivity contribution in [3.05, 3.63) is 29.3 Å². The van der Waals surface area contributed by atoms with Crippen LogP contribution in [0, 0.1) is 11.6 Å². The van der Waals surface area contributed by atoms with Gasteiger partial charge in [-0.05, 0) is 19.1 Å². The fourth-order valence-corrected chi connectivity index (χ4v) is 1.42. The van der Waals surface area contributed by atoms with Crippen LogP contribution in [0.5, 0.6) is 0 Å². The summed E-state index contributed by atoms with van der Waals surface area (Å²) >= 11 is 0. The van der Waals surface area contributed by atoms with E-state index in [-0.39, 0.29) is 11.3 Å². The fraction of sp³-hybridized carbons (Fsp3) is 0.417. The smallest absolute Gasteiger partial charge is 0.256 e. The van der Waals surface area contributed by atoms with E-state index in [4.69, 9.17) is 10.5 Å². The highest BCUT2D eigenvalue weighted by Gasteiger charge is 2.19. The Labute approximate surface area is 104 Å². The number of carbonyl (C=O) groups excluding carboxylic acids is 1. The number of halogens is 2. The van der Waals surface area contributed by atoms with Gasteiger partial charge in [-0.15, -0.1) is 0 Å². The molecule has 1 rings (SSSR count). The van der Waals surface area contributed by atoms with Gasteiger partial charge in [0.15, 0.2) is 5.82 Å². The highest BCUT2D eigenvalue weighted by molar-refractivity contribution is 5.95. The van der Waals surface area contributed by atoms with Crippen molar-refractivity contribution in [3.8, 4) is 0 Å². The lowest BCUT2D eigenvalue weighted by Gasteiger charge is -2.17. The van der Waals surface area contributed by atoms with E-state index in [1.54, 1.807) is 0 Å². The summed E-state index contributed by atoms with van der Waals surface area (Å²) in [5, 5.41) is 0. The van der Waals surface area contributed by atoms with Crippen molar-refractivity contribution in [1.29, 1.82) is 0 Å². The van der Waals surface area contributed by atoms with E-state index in [9.17, 15) is 13.6 Å². The number of carbonyl (C=O) groups is 1. The van der Waals surface area contributed by atoms with Crippen LogP contribution in [0.25, 0.3) is 0 Å². The van der Waals surface area contributed by atoms with Gasteiger partial charge in [0.25, 0.3) is 5.91 Å². The van der Waals surface area contributed by atoms with Crippen molar-refractivity contribution in [3.63, 3.8) is 0 Å². The summed E-state index contributed by atoms with van der Waals surface area (Å²) in [6.07, 6.45) is 0. The van der Waals surface area contributed by atoms with Gasteiger partial charge in [0, 0.05) is 20.2 Å². The van der Waals surface area contributed by atoms with Crippen molar-refractivity contribution in [2.75, 3.05) is 32.5 Å². The van der Waals surface area contributed by atoms with Crippen molar-refractivity contribution in [1.82, 2.24) is 4.90 Å². The van der Waals surface area contributed by atoms with Crippen LogP contribution in [0.1, 0.15) is 17.3 Å². The summed E-state index contributed by atoms with van der Waals surface area (Å²) < 4.78 is 31.8. The number of nitrogens with two attached hydrogens (primary N) is 1. The van der Waals surface area contributed by atoms with Crippen molar-refractivity contribution in [2.24, 2.45) is 0 Å². The third kappa shape index (κ3) is 3.40. The van der Waals surface area contributed by atoms with Gasteiger partial charge in [-0.2, -0.15) is 0 Å². The van der Waals surface area contributed by atoms with Crippen LogP contribution in [0.2, 0.25) is 0 Å². The topological polar surface area (TPSA) is 55.6 Å². The molecular formula is C12H16F2N2O2. The van der Waals surface area contributed by atoms with Crippen LogP contribution in [0.3, 0.4) is 0 Å². The molecular weight excluding hydrogens is 242 g/mol. The normalized spacial score (nSPS) is 10.4. The minimum atomic E-state index is -0.898. The van der Waals surface area contributed by atoms with E-state index < -0.39 is 17.5 Å². The molecule has 0 bridgehead atoms. The molecule has 0 spiro atoms. The van der Waals surface area contributed by atoms with Crippen molar-refractivity contribution >= 4 is 11.6 Å². The van der Waals surface area contributed by atoms with Gasteiger partial charge in [-0.1, -0.05) is 0 Å². The molecule has 0 saturated heterocycles. The Balaban J connectivity index is 2.83. The summed E-state index contributed by atoms with van der Waals surface area (Å²) in [7, 11) is 1.49. The fourth-order valence-electron chi connectivity index (χ4n) is 1.42. The molecule has 0 aliphatic heterocycles. The van der Waals surface area contributed by atoms with Crippen LogP contribution < -0.4 is 5.73 Å². The predicted octanol–water partition coefficient (Wildman–Crippen LogP) is 1.66. The lowest BCUT2D eigenvalue weighted by atomic mass is 10.1. The van der Waals surface area contributed by atoms with Gasteiger partial charge in [-0.25, -0.2) is 8.78 Å². The highest BCUT2D eigenvalue weighted by Crippen LogP contribution is 2.18. The quantitative estimate of drug-likeness (QED) is 0.645. The maximum absolute atomic E-state index is 13.6. The Kier molecular flexibility index (Phi) is 5.03. The molecule has 2 N–H and O–H groups in total. The third-order valence-electron chi connectivity index (χ3n) is 2.42. The lowest BCUT2D eigenvalue weighted by Crippen LogP contribution is -2.31. The molecule has 18 heavy (non-hydrogen) atoms. The predicted molar refractivity (Wildman–Crippen MR) is 64.2 cm³/mol. The zero-order valence-corrected chi connectivity index (χ0v) is 10.4. The highest BCUT2D eigenvalue weighted by atomic mass is 19.1. The second kappa shape index (κ2) is 6.30. The summed E-state index contributed by atoms with van der Waals surface area (Å²) in [6, 6.07) is 1.68. The molecule has 1 aromatic carbocycles. The second-order valence-electron chi connectivity index (χ2n) is 3.78. The SMILES string of the molecule is CCOCCN(C)C(=O)c1cc(F)cc(N)c1F. The van der Waals surface area contributed by atoms with Crippen molar-refractivity contribution < 1.29 is 18.3 Å². The van der Waals surface area contributed by atoms with Crippen LogP contribution in [-0.2, 0) is 4.74 Å². The molecule has 4 nitrogen and oxygen atoms in total. The zero-order chi connectivity index (χ0) is 13.7. The Morgan fingerprint density at radius 1 is 1.44 bits per heavy atom. The molecule has 0 atom stereocenters. The van der Waals surface area contributed by atoms with Crippen LogP contribution in [0.4, 0.5) is 14.5 Å². The minimum Gasteiger partial charge on any atom is -0.396 e. The number of likely N-dealkylation sites (N-methyl/N-ethyl adjacent to an activating group) is 1. The average Bonchev–Trinajstić information content (AvgIpc) is 2.33. The maximum Gasteiger partial charge on any atom is 0.256 e. The van der Waals surface area contributed by atoms with Gasteiger partial charge < -0.3 is 15.4 Å². The largest absolute Gasteiger partial charge is 0.396 e. The average molecular weight is 258 g/mol. The number of benzene rings is 1. The third-order valence-corrected chi connectivity index (χ3v) is 2.42. The monoisotopic (exact) mass is 258 g/mol. The molecule has 0 fully saturated rings. The molecule has 0 heterocycles. The van der Waals surface area contributed by atoms with Crippen LogP contribution in [-0.4, -0.2) is 37.6 Å². The molecule has 1 amide bonds. The minimum absolute atomic E-state index is 0.294. The number of nitrogen functional groups attached to an aromatic ring is 1. The first-order valence-electron chi connectivity index (χ1n) is 5.55. The number of amides is 1. The first-order chi connectivity index (χ1) is 8.47. The van der Waals surface area contributed by atoms with Gasteiger partial charge in [-0.3, -0.25) is 4.79 Å². The molecule has 0 aromatic heterocycles. The number of hydrogen-bond donors (Lipinski definition) is 1. The Hall–Kier alpha value is -1.69. The molecule has 100 valence electrons. The van der Waals surface area contributed by atoms with E-state index in [0.717, 1.165) is 12.1 Å². The van der Waals surface area contributed by atoms with E-state index in [1.807, 2.05) is 6.92 Å². The van der Waals surface area contributed by atoms with Gasteiger partial charge >= 0.3 is 0 Å². The number of hydrogen-bond acceptors (Lipinski definition) is 3. The first-order valence-corrected chi connectivity index (χ1v) is 5.55. The maximum atomic E-state index is 13.6. The summed E-state index contributed by atoms with van der Waals surface area (Å²) in [5.41, 5.74) is 4.52. The Bertz CT molecular complexity index is 438. The summed E-state index contributed by atoms with van der Waals surface area (Å²) in [5.74, 6) is -2.27. The molecule has 0 unspecified atom stereocenters. The molecule has 6 heteroatoms. The molecule has 0 aliphatic rings. The van der Waals surface area contributed by atoms with E-state index >= 15 is 0 Å². The summed E-state index contributed by atoms with van der Waals surface area (Å²) in [4.78, 5) is 13.1. The van der Waals surface area contributed by atoms with E-state index in [0.29, 0.717) is 19.8 Å². The Morgan fingerprint density at radius 2 is 2.11 bits per heavy atom. The molecule has 0 saturated carbocycles.